The van der Waals surface area contributed by atoms with Crippen LogP contribution in [0, 0.1) is 6.92 Å². The smallest absolute Gasteiger partial charge is 0.272 e. The van der Waals surface area contributed by atoms with Crippen molar-refractivity contribution < 1.29 is 4.79 Å². The van der Waals surface area contributed by atoms with Crippen molar-refractivity contribution in [2.75, 3.05) is 10.6 Å². The van der Waals surface area contributed by atoms with Gasteiger partial charge in [0.05, 0.1) is 0 Å². The number of hydrogen-bond donors (Lipinski definition) is 2. The Kier molecular flexibility index (Phi) is 4.15. The molecule has 0 fully saturated rings. The van der Waals surface area contributed by atoms with Gasteiger partial charge in [-0.05, 0) is 55.5 Å². The number of amides is 1. The van der Waals surface area contributed by atoms with E-state index >= 15 is 0 Å². The van der Waals surface area contributed by atoms with Gasteiger partial charge in [0.1, 0.15) is 5.69 Å². The highest BCUT2D eigenvalue weighted by atomic mass is 16.1. The van der Waals surface area contributed by atoms with Crippen LogP contribution in [-0.4, -0.2) is 10.5 Å². The molecule has 0 aliphatic rings. The molecule has 0 saturated carbocycles. The zero-order valence-electron chi connectivity index (χ0n) is 13.2. The Morgan fingerprint density at radius 2 is 1.43 bits per heavy atom. The number of anilines is 3. The molecule has 1 heterocycles. The van der Waals surface area contributed by atoms with Crippen LogP contribution in [0.15, 0.2) is 66.9 Å². The molecule has 0 atom stereocenters. The minimum atomic E-state index is -0.114. The van der Waals surface area contributed by atoms with Crippen LogP contribution in [0.25, 0.3) is 0 Å². The van der Waals surface area contributed by atoms with Crippen molar-refractivity contribution in [1.29, 1.82) is 0 Å². The van der Waals surface area contributed by atoms with Gasteiger partial charge < -0.3 is 15.2 Å². The van der Waals surface area contributed by atoms with Crippen LogP contribution in [0.1, 0.15) is 16.1 Å². The highest BCUT2D eigenvalue weighted by Crippen LogP contribution is 2.19. The van der Waals surface area contributed by atoms with Crippen LogP contribution < -0.4 is 10.6 Å². The molecule has 0 aliphatic carbocycles. The van der Waals surface area contributed by atoms with Crippen LogP contribution in [0.3, 0.4) is 0 Å². The summed E-state index contributed by atoms with van der Waals surface area (Å²) in [4.78, 5) is 12.2. The van der Waals surface area contributed by atoms with Crippen LogP contribution >= 0.6 is 0 Å². The maximum absolute atomic E-state index is 12.2. The normalized spacial score (nSPS) is 10.3. The van der Waals surface area contributed by atoms with Gasteiger partial charge in [-0.1, -0.05) is 17.7 Å². The predicted octanol–water partition coefficient (Wildman–Crippen LogP) is 4.33. The molecule has 3 aromatic rings. The van der Waals surface area contributed by atoms with E-state index in [0.29, 0.717) is 5.69 Å². The van der Waals surface area contributed by atoms with Gasteiger partial charge in [0, 0.05) is 30.3 Å². The minimum absolute atomic E-state index is 0.114. The average molecular weight is 305 g/mol. The lowest BCUT2D eigenvalue weighted by atomic mass is 10.2. The molecule has 1 aromatic heterocycles. The summed E-state index contributed by atoms with van der Waals surface area (Å²) in [5.41, 5.74) is 4.65. The van der Waals surface area contributed by atoms with Crippen molar-refractivity contribution in [3.05, 3.63) is 78.1 Å². The molecule has 0 bridgehead atoms. The second-order valence-corrected chi connectivity index (χ2v) is 5.53. The van der Waals surface area contributed by atoms with E-state index in [0.717, 1.165) is 17.1 Å². The van der Waals surface area contributed by atoms with Crippen molar-refractivity contribution in [1.82, 2.24) is 4.57 Å². The van der Waals surface area contributed by atoms with Crippen molar-refractivity contribution in [2.45, 2.75) is 6.92 Å². The molecule has 2 aromatic carbocycles. The molecular weight excluding hydrogens is 286 g/mol. The Morgan fingerprint density at radius 1 is 0.870 bits per heavy atom. The second-order valence-electron chi connectivity index (χ2n) is 5.53. The number of carbonyl (C=O) groups excluding carboxylic acids is 1. The minimum Gasteiger partial charge on any atom is -0.356 e. The number of carbonyl (C=O) groups is 1. The fourth-order valence-corrected chi connectivity index (χ4v) is 2.33. The zero-order valence-corrected chi connectivity index (χ0v) is 13.2. The van der Waals surface area contributed by atoms with E-state index in [9.17, 15) is 4.79 Å². The lowest BCUT2D eigenvalue weighted by Crippen LogP contribution is -2.15. The monoisotopic (exact) mass is 305 g/mol. The fraction of sp³-hybridized carbons (Fsp3) is 0.105. The quantitative estimate of drug-likeness (QED) is 0.753. The molecular formula is C19H19N3O. The molecule has 0 spiro atoms. The molecule has 4 nitrogen and oxygen atoms in total. The van der Waals surface area contributed by atoms with Crippen molar-refractivity contribution in [3.63, 3.8) is 0 Å². The van der Waals surface area contributed by atoms with Crippen molar-refractivity contribution in [3.8, 4) is 0 Å². The molecule has 116 valence electrons. The summed E-state index contributed by atoms with van der Waals surface area (Å²) in [5.74, 6) is -0.114. The number of aromatic nitrogens is 1. The molecule has 0 saturated heterocycles. The van der Waals surface area contributed by atoms with Gasteiger partial charge in [-0.3, -0.25) is 4.79 Å². The summed E-state index contributed by atoms with van der Waals surface area (Å²) in [6.45, 7) is 2.06. The number of hydrogen-bond acceptors (Lipinski definition) is 2. The topological polar surface area (TPSA) is 46.1 Å². The van der Waals surface area contributed by atoms with Gasteiger partial charge in [0.2, 0.25) is 0 Å². The third kappa shape index (κ3) is 3.61. The van der Waals surface area contributed by atoms with E-state index < -0.39 is 0 Å². The van der Waals surface area contributed by atoms with Gasteiger partial charge in [0.25, 0.3) is 5.91 Å². The van der Waals surface area contributed by atoms with E-state index in [1.54, 1.807) is 10.6 Å². The first kappa shape index (κ1) is 14.9. The maximum atomic E-state index is 12.2. The summed E-state index contributed by atoms with van der Waals surface area (Å²) in [6, 6.07) is 19.5. The highest BCUT2D eigenvalue weighted by molar-refractivity contribution is 6.03. The lowest BCUT2D eigenvalue weighted by Gasteiger charge is -2.09. The van der Waals surface area contributed by atoms with Gasteiger partial charge in [0.15, 0.2) is 0 Å². The van der Waals surface area contributed by atoms with Gasteiger partial charge >= 0.3 is 0 Å². The number of rotatable bonds is 4. The summed E-state index contributed by atoms with van der Waals surface area (Å²) in [6.07, 6.45) is 1.85. The molecule has 23 heavy (non-hydrogen) atoms. The SMILES string of the molecule is Cc1ccc(Nc2ccc(NC(=O)c3cccn3C)cc2)cc1. The van der Waals surface area contributed by atoms with Gasteiger partial charge in [-0.25, -0.2) is 0 Å². The largest absolute Gasteiger partial charge is 0.356 e. The van der Waals surface area contributed by atoms with E-state index in [4.69, 9.17) is 0 Å². The second kappa shape index (κ2) is 6.40. The Labute approximate surface area is 135 Å². The Balaban J connectivity index is 1.66. The van der Waals surface area contributed by atoms with E-state index in [1.807, 2.05) is 55.7 Å². The van der Waals surface area contributed by atoms with Crippen LogP contribution in [0.2, 0.25) is 0 Å². The molecule has 4 heteroatoms. The number of benzene rings is 2. The fourth-order valence-electron chi connectivity index (χ4n) is 2.33. The van der Waals surface area contributed by atoms with Crippen LogP contribution in [0.4, 0.5) is 17.1 Å². The van der Waals surface area contributed by atoms with Crippen LogP contribution in [-0.2, 0) is 7.05 Å². The Bertz CT molecular complexity index is 801. The molecule has 0 aliphatic heterocycles. The third-order valence-corrected chi connectivity index (χ3v) is 3.66. The summed E-state index contributed by atoms with van der Waals surface area (Å²) >= 11 is 0. The van der Waals surface area contributed by atoms with Gasteiger partial charge in [-0.15, -0.1) is 0 Å². The molecule has 2 N–H and O–H groups in total. The van der Waals surface area contributed by atoms with E-state index in [2.05, 4.69) is 29.7 Å². The highest BCUT2D eigenvalue weighted by Gasteiger charge is 2.08. The Hall–Kier alpha value is -3.01. The summed E-state index contributed by atoms with van der Waals surface area (Å²) in [7, 11) is 1.85. The first-order valence-electron chi connectivity index (χ1n) is 7.48. The van der Waals surface area contributed by atoms with Crippen molar-refractivity contribution in [2.24, 2.45) is 7.05 Å². The van der Waals surface area contributed by atoms with E-state index in [-0.39, 0.29) is 5.91 Å². The summed E-state index contributed by atoms with van der Waals surface area (Å²) < 4.78 is 1.79. The number of nitrogens with one attached hydrogen (secondary N) is 2. The zero-order chi connectivity index (χ0) is 16.2. The summed E-state index contributed by atoms with van der Waals surface area (Å²) in [5, 5.41) is 6.23. The lowest BCUT2D eigenvalue weighted by molar-refractivity contribution is 0.101. The first-order chi connectivity index (χ1) is 11.1. The number of nitrogens with zero attached hydrogens (tertiary/aromatic N) is 1. The maximum Gasteiger partial charge on any atom is 0.272 e. The molecule has 1 amide bonds. The number of aryl methyl sites for hydroxylation is 2. The molecule has 3 rings (SSSR count). The predicted molar refractivity (Wildman–Crippen MR) is 94.3 cm³/mol. The van der Waals surface area contributed by atoms with Gasteiger partial charge in [-0.2, -0.15) is 0 Å². The third-order valence-electron chi connectivity index (χ3n) is 3.66. The first-order valence-corrected chi connectivity index (χ1v) is 7.48. The van der Waals surface area contributed by atoms with E-state index in [1.165, 1.54) is 5.56 Å². The van der Waals surface area contributed by atoms with Crippen LogP contribution in [0.5, 0.6) is 0 Å². The average Bonchev–Trinajstić information content (AvgIpc) is 2.98. The molecule has 0 unspecified atom stereocenters. The Morgan fingerprint density at radius 3 is 2.00 bits per heavy atom. The standard InChI is InChI=1S/C19H19N3O/c1-14-5-7-15(8-6-14)20-16-9-11-17(12-10-16)21-19(23)18-4-3-13-22(18)2/h3-13,20H,1-2H3,(H,21,23). The molecule has 0 radical (unpaired) electrons. The van der Waals surface area contributed by atoms with Crippen molar-refractivity contribution >= 4 is 23.0 Å².